The van der Waals surface area contributed by atoms with Crippen LogP contribution in [0.15, 0.2) is 66.7 Å². The molecular weight excluding hydrogens is 418 g/mol. The van der Waals surface area contributed by atoms with Crippen molar-refractivity contribution in [1.82, 2.24) is 0 Å². The number of para-hydroxylation sites is 1. The highest BCUT2D eigenvalue weighted by Gasteiger charge is 2.17. The molecule has 33 heavy (non-hydrogen) atoms. The van der Waals surface area contributed by atoms with Gasteiger partial charge in [-0.2, -0.15) is 5.26 Å². The molecule has 7 nitrogen and oxygen atoms in total. The number of nitrogens with zero attached hydrogens (tertiary/aromatic N) is 1. The van der Waals surface area contributed by atoms with Gasteiger partial charge >= 0.3 is 12.1 Å². The smallest absolute Gasteiger partial charge is 0.411 e. The summed E-state index contributed by atoms with van der Waals surface area (Å²) in [7, 11) is 0. The van der Waals surface area contributed by atoms with Crippen LogP contribution in [-0.4, -0.2) is 25.3 Å². The van der Waals surface area contributed by atoms with E-state index in [1.807, 2.05) is 42.5 Å². The molecule has 0 aliphatic heterocycles. The molecule has 2 N–H and O–H groups in total. The fraction of sp³-hybridized carbons (Fsp3) is 0.192. The molecule has 0 aliphatic rings. The maximum atomic E-state index is 12.5. The first-order chi connectivity index (χ1) is 16.1. The van der Waals surface area contributed by atoms with E-state index in [0.717, 1.165) is 16.7 Å². The number of benzene rings is 3. The molecule has 0 spiro atoms. The summed E-state index contributed by atoms with van der Waals surface area (Å²) in [4.78, 5) is 24.4. The topological polar surface area (TPSA) is 100 Å². The summed E-state index contributed by atoms with van der Waals surface area (Å²) in [5, 5.41) is 15.2. The molecule has 0 radical (unpaired) electrons. The number of hydrogen-bond acceptors (Lipinski definition) is 6. The van der Waals surface area contributed by atoms with Crippen molar-refractivity contribution in [2.75, 3.05) is 23.8 Å². The summed E-state index contributed by atoms with van der Waals surface area (Å²) in [6, 6.07) is 22.4. The number of amides is 1. The monoisotopic (exact) mass is 443 g/mol. The molecule has 0 aromatic heterocycles. The summed E-state index contributed by atoms with van der Waals surface area (Å²) in [6.07, 6.45) is -0.609. The largest absolute Gasteiger partial charge is 0.462 e. The molecule has 0 fully saturated rings. The zero-order valence-corrected chi connectivity index (χ0v) is 18.6. The third kappa shape index (κ3) is 5.89. The maximum absolute atomic E-state index is 12.5. The van der Waals surface area contributed by atoms with Crippen LogP contribution in [0.3, 0.4) is 0 Å². The van der Waals surface area contributed by atoms with Gasteiger partial charge < -0.3 is 14.8 Å². The van der Waals surface area contributed by atoms with Crippen LogP contribution in [-0.2, 0) is 16.0 Å². The van der Waals surface area contributed by atoms with Gasteiger partial charge in [-0.05, 0) is 48.7 Å². The summed E-state index contributed by atoms with van der Waals surface area (Å²) in [5.41, 5.74) is 4.54. The first-order valence-electron chi connectivity index (χ1n) is 10.6. The van der Waals surface area contributed by atoms with Crippen LogP contribution in [0, 0.1) is 11.3 Å². The molecule has 3 aromatic rings. The van der Waals surface area contributed by atoms with Crippen molar-refractivity contribution in [2.45, 2.75) is 20.4 Å². The number of carbonyl (C=O) groups is 2. The van der Waals surface area contributed by atoms with Crippen LogP contribution in [0.1, 0.15) is 35.3 Å². The van der Waals surface area contributed by atoms with E-state index in [-0.39, 0.29) is 13.2 Å². The molecule has 0 saturated heterocycles. The number of nitrogens with one attached hydrogen (secondary N) is 2. The van der Waals surface area contributed by atoms with Crippen LogP contribution in [0.2, 0.25) is 0 Å². The highest BCUT2D eigenvalue weighted by molar-refractivity contribution is 6.01. The molecule has 0 aliphatic carbocycles. The summed E-state index contributed by atoms with van der Waals surface area (Å²) >= 11 is 0. The van der Waals surface area contributed by atoms with E-state index in [1.165, 1.54) is 0 Å². The van der Waals surface area contributed by atoms with Crippen LogP contribution in [0.4, 0.5) is 16.2 Å². The minimum absolute atomic E-state index is 0.230. The quantitative estimate of drug-likeness (QED) is 0.441. The maximum Gasteiger partial charge on any atom is 0.411 e. The lowest BCUT2D eigenvalue weighted by Crippen LogP contribution is -2.17. The van der Waals surface area contributed by atoms with Crippen molar-refractivity contribution in [3.8, 4) is 17.2 Å². The number of hydrogen-bond donors (Lipinski definition) is 2. The van der Waals surface area contributed by atoms with Gasteiger partial charge in [0.2, 0.25) is 0 Å². The van der Waals surface area contributed by atoms with Crippen molar-refractivity contribution in [1.29, 1.82) is 5.26 Å². The second kappa shape index (κ2) is 11.3. The Hall–Kier alpha value is -4.31. The Kier molecular flexibility index (Phi) is 8.03. The Bertz CT molecular complexity index is 1170. The van der Waals surface area contributed by atoms with Gasteiger partial charge in [0, 0.05) is 6.54 Å². The number of rotatable bonds is 8. The SMILES string of the molecule is CCOC(=O)Nc1cccc(C(=O)OCC)c1NCc1ccc(-c2ccccc2C#N)cc1. The number of esters is 1. The molecule has 0 atom stereocenters. The molecule has 7 heteroatoms. The normalized spacial score (nSPS) is 10.1. The third-order valence-electron chi connectivity index (χ3n) is 4.85. The molecule has 3 rings (SSSR count). The van der Waals surface area contributed by atoms with E-state index in [1.54, 1.807) is 38.1 Å². The molecule has 0 unspecified atom stereocenters. The molecule has 168 valence electrons. The average Bonchev–Trinajstić information content (AvgIpc) is 2.83. The van der Waals surface area contributed by atoms with Gasteiger partial charge in [-0.3, -0.25) is 5.32 Å². The lowest BCUT2D eigenvalue weighted by atomic mass is 9.99. The van der Waals surface area contributed by atoms with Gasteiger partial charge in [0.15, 0.2) is 0 Å². The van der Waals surface area contributed by atoms with E-state index in [0.29, 0.717) is 29.0 Å². The van der Waals surface area contributed by atoms with Crippen molar-refractivity contribution >= 4 is 23.4 Å². The third-order valence-corrected chi connectivity index (χ3v) is 4.85. The Balaban J connectivity index is 1.84. The Labute approximate surface area is 193 Å². The molecule has 0 heterocycles. The van der Waals surface area contributed by atoms with Crippen LogP contribution < -0.4 is 10.6 Å². The van der Waals surface area contributed by atoms with Gasteiger partial charge in [0.1, 0.15) is 0 Å². The van der Waals surface area contributed by atoms with E-state index in [9.17, 15) is 14.9 Å². The highest BCUT2D eigenvalue weighted by Crippen LogP contribution is 2.29. The number of anilines is 2. The van der Waals surface area contributed by atoms with E-state index in [2.05, 4.69) is 16.7 Å². The Morgan fingerprint density at radius 3 is 2.33 bits per heavy atom. The van der Waals surface area contributed by atoms with Crippen molar-refractivity contribution < 1.29 is 19.1 Å². The van der Waals surface area contributed by atoms with Crippen LogP contribution in [0.5, 0.6) is 0 Å². The number of carbonyl (C=O) groups excluding carboxylic acids is 2. The lowest BCUT2D eigenvalue weighted by Gasteiger charge is -2.17. The van der Waals surface area contributed by atoms with E-state index >= 15 is 0 Å². The molecule has 0 saturated carbocycles. The summed E-state index contributed by atoms with van der Waals surface area (Å²) in [5.74, 6) is -0.490. The zero-order chi connectivity index (χ0) is 23.6. The predicted molar refractivity (Wildman–Crippen MR) is 127 cm³/mol. The van der Waals surface area contributed by atoms with Gasteiger partial charge in [-0.1, -0.05) is 48.5 Å². The predicted octanol–water partition coefficient (Wildman–Crippen LogP) is 5.58. The number of nitriles is 1. The van der Waals surface area contributed by atoms with Crippen molar-refractivity contribution in [3.63, 3.8) is 0 Å². The van der Waals surface area contributed by atoms with Crippen molar-refractivity contribution in [3.05, 3.63) is 83.4 Å². The summed E-state index contributed by atoms with van der Waals surface area (Å²) in [6.45, 7) is 4.31. The Morgan fingerprint density at radius 2 is 1.64 bits per heavy atom. The second-order valence-electron chi connectivity index (χ2n) is 7.00. The van der Waals surface area contributed by atoms with Gasteiger partial charge in [-0.25, -0.2) is 9.59 Å². The minimum Gasteiger partial charge on any atom is -0.462 e. The zero-order valence-electron chi connectivity index (χ0n) is 18.6. The second-order valence-corrected chi connectivity index (χ2v) is 7.00. The first-order valence-corrected chi connectivity index (χ1v) is 10.6. The lowest BCUT2D eigenvalue weighted by molar-refractivity contribution is 0.0527. The molecule has 1 amide bonds. The average molecular weight is 444 g/mol. The molecule has 3 aromatic carbocycles. The fourth-order valence-corrected chi connectivity index (χ4v) is 3.33. The van der Waals surface area contributed by atoms with Gasteiger partial charge in [-0.15, -0.1) is 0 Å². The molecular formula is C26H25N3O4. The Morgan fingerprint density at radius 1 is 0.909 bits per heavy atom. The van der Waals surface area contributed by atoms with Crippen LogP contribution in [0.25, 0.3) is 11.1 Å². The first kappa shape index (κ1) is 23.4. The van der Waals surface area contributed by atoms with Gasteiger partial charge in [0.05, 0.1) is 41.8 Å². The minimum atomic E-state index is -0.609. The summed E-state index contributed by atoms with van der Waals surface area (Å²) < 4.78 is 10.1. The molecule has 0 bridgehead atoms. The highest BCUT2D eigenvalue weighted by atomic mass is 16.5. The standard InChI is InChI=1S/C26H25N3O4/c1-3-32-25(30)22-10-7-11-23(29-26(31)33-4-2)24(22)28-17-18-12-14-19(15-13-18)21-9-6-5-8-20(21)16-27/h5-15,28H,3-4,17H2,1-2H3,(H,29,31). The number of ether oxygens (including phenoxy) is 2. The van der Waals surface area contributed by atoms with E-state index in [4.69, 9.17) is 9.47 Å². The van der Waals surface area contributed by atoms with Gasteiger partial charge in [0.25, 0.3) is 0 Å². The fourth-order valence-electron chi connectivity index (χ4n) is 3.33. The van der Waals surface area contributed by atoms with E-state index < -0.39 is 12.1 Å². The van der Waals surface area contributed by atoms with Crippen molar-refractivity contribution in [2.24, 2.45) is 0 Å². The van der Waals surface area contributed by atoms with Crippen LogP contribution >= 0.6 is 0 Å².